The average Bonchev–Trinajstić information content (AvgIpc) is 2.82. The van der Waals surface area contributed by atoms with Crippen LogP contribution in [0.1, 0.15) is 12.5 Å². The predicted octanol–water partition coefficient (Wildman–Crippen LogP) is 0.627. The highest BCUT2D eigenvalue weighted by molar-refractivity contribution is 5.88. The first-order chi connectivity index (χ1) is 9.49. The highest BCUT2D eigenvalue weighted by Crippen LogP contribution is 2.18. The van der Waals surface area contributed by atoms with Crippen LogP contribution in [0.5, 0.6) is 0 Å². The molecule has 5 N–H and O–H groups in total. The molecular weight excluding hydrogens is 258 g/mol. The number of H-pyrrole nitrogens is 1. The van der Waals surface area contributed by atoms with E-state index in [1.165, 1.54) is 6.92 Å². The number of amides is 1. The van der Waals surface area contributed by atoms with E-state index in [0.29, 0.717) is 6.42 Å². The van der Waals surface area contributed by atoms with Crippen molar-refractivity contribution in [2.75, 3.05) is 0 Å². The Balaban J connectivity index is 2.06. The molecule has 2 atom stereocenters. The lowest BCUT2D eigenvalue weighted by molar-refractivity contribution is -0.141. The van der Waals surface area contributed by atoms with E-state index in [2.05, 4.69) is 10.3 Å². The number of carbonyl (C=O) groups excluding carboxylic acids is 1. The van der Waals surface area contributed by atoms with Crippen molar-refractivity contribution in [2.24, 2.45) is 5.73 Å². The number of aliphatic carboxylic acids is 1. The van der Waals surface area contributed by atoms with Crippen molar-refractivity contribution < 1.29 is 14.7 Å². The Morgan fingerprint density at radius 1 is 1.40 bits per heavy atom. The summed E-state index contributed by atoms with van der Waals surface area (Å²) < 4.78 is 0. The number of benzene rings is 1. The van der Waals surface area contributed by atoms with Crippen molar-refractivity contribution in [3.8, 4) is 0 Å². The van der Waals surface area contributed by atoms with Gasteiger partial charge in [-0.05, 0) is 25.0 Å². The van der Waals surface area contributed by atoms with Gasteiger partial charge < -0.3 is 21.1 Å². The maximum absolute atomic E-state index is 11.8. The molecule has 0 spiro atoms. The standard InChI is InChI=1S/C14H17N3O3/c1-8(14(19)20)17-13(18)11(15)6-9-7-16-12-5-3-2-4-10(9)12/h2-5,7-8,11,16H,6,15H2,1H3,(H,17,18)(H,19,20)/t8-,11+/m0/s1. The maximum Gasteiger partial charge on any atom is 0.325 e. The van der Waals surface area contributed by atoms with Crippen molar-refractivity contribution in [1.29, 1.82) is 0 Å². The third-order valence-electron chi connectivity index (χ3n) is 3.18. The monoisotopic (exact) mass is 275 g/mol. The van der Waals surface area contributed by atoms with Crippen molar-refractivity contribution in [2.45, 2.75) is 25.4 Å². The summed E-state index contributed by atoms with van der Waals surface area (Å²) in [5.74, 6) is -1.55. The number of nitrogens with one attached hydrogen (secondary N) is 2. The first-order valence-electron chi connectivity index (χ1n) is 6.33. The molecule has 6 nitrogen and oxygen atoms in total. The molecule has 0 aliphatic rings. The molecule has 106 valence electrons. The second-order valence-electron chi connectivity index (χ2n) is 4.74. The summed E-state index contributed by atoms with van der Waals surface area (Å²) in [4.78, 5) is 25.6. The van der Waals surface area contributed by atoms with Crippen LogP contribution >= 0.6 is 0 Å². The largest absolute Gasteiger partial charge is 0.480 e. The summed E-state index contributed by atoms with van der Waals surface area (Å²) in [6.07, 6.45) is 2.17. The Hall–Kier alpha value is -2.34. The zero-order valence-electron chi connectivity index (χ0n) is 11.1. The van der Waals surface area contributed by atoms with E-state index in [-0.39, 0.29) is 0 Å². The third kappa shape index (κ3) is 2.97. The first-order valence-corrected chi connectivity index (χ1v) is 6.33. The molecule has 0 saturated heterocycles. The van der Waals surface area contributed by atoms with Crippen molar-refractivity contribution in [3.05, 3.63) is 36.0 Å². The van der Waals surface area contributed by atoms with Crippen LogP contribution in [0.4, 0.5) is 0 Å². The summed E-state index contributed by atoms with van der Waals surface area (Å²) in [6.45, 7) is 1.40. The van der Waals surface area contributed by atoms with Crippen molar-refractivity contribution in [1.82, 2.24) is 10.3 Å². The van der Waals surface area contributed by atoms with E-state index in [4.69, 9.17) is 10.8 Å². The molecule has 1 amide bonds. The maximum atomic E-state index is 11.8. The number of aromatic nitrogens is 1. The number of carbonyl (C=O) groups is 2. The van der Waals surface area contributed by atoms with Gasteiger partial charge in [-0.15, -0.1) is 0 Å². The van der Waals surface area contributed by atoms with E-state index in [0.717, 1.165) is 16.5 Å². The number of fused-ring (bicyclic) bond motifs is 1. The second-order valence-corrected chi connectivity index (χ2v) is 4.74. The summed E-state index contributed by atoms with van der Waals surface area (Å²) in [6, 6.07) is 6.00. The van der Waals surface area contributed by atoms with Crippen LogP contribution < -0.4 is 11.1 Å². The molecule has 2 rings (SSSR count). The molecule has 1 heterocycles. The van der Waals surface area contributed by atoms with E-state index >= 15 is 0 Å². The normalized spacial score (nSPS) is 13.9. The van der Waals surface area contributed by atoms with Crippen LogP contribution in [0.2, 0.25) is 0 Å². The van der Waals surface area contributed by atoms with E-state index in [1.54, 1.807) is 0 Å². The number of carboxylic acid groups (broad SMARTS) is 1. The molecular formula is C14H17N3O3. The topological polar surface area (TPSA) is 108 Å². The van der Waals surface area contributed by atoms with Crippen LogP contribution in [0.25, 0.3) is 10.9 Å². The van der Waals surface area contributed by atoms with Gasteiger partial charge in [-0.25, -0.2) is 0 Å². The lowest BCUT2D eigenvalue weighted by Gasteiger charge is -2.14. The summed E-state index contributed by atoms with van der Waals surface area (Å²) >= 11 is 0. The van der Waals surface area contributed by atoms with Crippen LogP contribution in [0.3, 0.4) is 0 Å². The zero-order chi connectivity index (χ0) is 14.7. The van der Waals surface area contributed by atoms with E-state index in [1.807, 2.05) is 30.5 Å². The van der Waals surface area contributed by atoms with E-state index in [9.17, 15) is 9.59 Å². The molecule has 20 heavy (non-hydrogen) atoms. The Bertz CT molecular complexity index is 635. The fourth-order valence-corrected chi connectivity index (χ4v) is 2.01. The minimum Gasteiger partial charge on any atom is -0.480 e. The Labute approximate surface area is 116 Å². The molecule has 1 aromatic carbocycles. The van der Waals surface area contributed by atoms with Gasteiger partial charge in [-0.3, -0.25) is 9.59 Å². The quantitative estimate of drug-likeness (QED) is 0.641. The number of para-hydroxylation sites is 1. The van der Waals surface area contributed by atoms with Gasteiger partial charge in [0.15, 0.2) is 0 Å². The molecule has 0 bridgehead atoms. The molecule has 0 saturated carbocycles. The van der Waals surface area contributed by atoms with Gasteiger partial charge in [0.2, 0.25) is 5.91 Å². The van der Waals surface area contributed by atoms with Gasteiger partial charge in [0.05, 0.1) is 6.04 Å². The van der Waals surface area contributed by atoms with Crippen molar-refractivity contribution >= 4 is 22.8 Å². The Kier molecular flexibility index (Phi) is 4.05. The molecule has 0 radical (unpaired) electrons. The number of aromatic amines is 1. The number of nitrogens with two attached hydrogens (primary N) is 1. The van der Waals surface area contributed by atoms with Crippen LogP contribution in [-0.4, -0.2) is 34.1 Å². The van der Waals surface area contributed by atoms with Gasteiger partial charge in [-0.2, -0.15) is 0 Å². The lowest BCUT2D eigenvalue weighted by atomic mass is 10.0. The van der Waals surface area contributed by atoms with Gasteiger partial charge in [0.25, 0.3) is 0 Å². The van der Waals surface area contributed by atoms with Crippen LogP contribution in [-0.2, 0) is 16.0 Å². The Morgan fingerprint density at radius 2 is 2.10 bits per heavy atom. The van der Waals surface area contributed by atoms with Crippen LogP contribution in [0.15, 0.2) is 30.5 Å². The smallest absolute Gasteiger partial charge is 0.325 e. The van der Waals surface area contributed by atoms with Gasteiger partial charge in [0, 0.05) is 17.1 Å². The molecule has 1 aromatic heterocycles. The second kappa shape index (κ2) is 5.75. The lowest BCUT2D eigenvalue weighted by Crippen LogP contribution is -2.47. The fraction of sp³-hybridized carbons (Fsp3) is 0.286. The number of hydrogen-bond acceptors (Lipinski definition) is 3. The molecule has 0 unspecified atom stereocenters. The van der Waals surface area contributed by atoms with Gasteiger partial charge in [-0.1, -0.05) is 18.2 Å². The summed E-state index contributed by atoms with van der Waals surface area (Å²) in [7, 11) is 0. The molecule has 0 fully saturated rings. The molecule has 0 aliphatic heterocycles. The average molecular weight is 275 g/mol. The molecule has 2 aromatic rings. The number of hydrogen-bond donors (Lipinski definition) is 4. The SMILES string of the molecule is C[C@H](NC(=O)[C@H](N)Cc1c[nH]c2ccccc12)C(=O)O. The van der Waals surface area contributed by atoms with E-state index < -0.39 is 24.0 Å². The first kappa shape index (κ1) is 14.1. The summed E-state index contributed by atoms with van der Waals surface area (Å²) in [5.41, 5.74) is 7.75. The fourth-order valence-electron chi connectivity index (χ4n) is 2.01. The number of rotatable bonds is 5. The molecule has 6 heteroatoms. The molecule has 0 aliphatic carbocycles. The van der Waals surface area contributed by atoms with Crippen molar-refractivity contribution in [3.63, 3.8) is 0 Å². The van der Waals surface area contributed by atoms with Gasteiger partial charge in [0.1, 0.15) is 6.04 Å². The minimum atomic E-state index is -1.09. The Morgan fingerprint density at radius 3 is 2.80 bits per heavy atom. The minimum absolute atomic E-state index is 0.349. The summed E-state index contributed by atoms with van der Waals surface area (Å²) in [5, 5.41) is 12.1. The number of carboxylic acids is 1. The van der Waals surface area contributed by atoms with Gasteiger partial charge >= 0.3 is 5.97 Å². The zero-order valence-corrected chi connectivity index (χ0v) is 11.1. The predicted molar refractivity (Wildman–Crippen MR) is 75.2 cm³/mol. The van der Waals surface area contributed by atoms with Crippen LogP contribution in [0, 0.1) is 0 Å². The highest BCUT2D eigenvalue weighted by Gasteiger charge is 2.20. The third-order valence-corrected chi connectivity index (χ3v) is 3.18. The highest BCUT2D eigenvalue weighted by atomic mass is 16.4.